The first-order valence-electron chi connectivity index (χ1n) is 7.17. The first-order valence-corrected chi connectivity index (χ1v) is 8.56. The quantitative estimate of drug-likeness (QED) is 0.755. The minimum Gasteiger partial charge on any atom is -0.342 e. The summed E-state index contributed by atoms with van der Waals surface area (Å²) in [7, 11) is 0. The Bertz CT molecular complexity index is 357. The molecule has 0 aromatic heterocycles. The Morgan fingerprint density at radius 1 is 1.37 bits per heavy atom. The highest BCUT2D eigenvalue weighted by atomic mass is 32.2. The van der Waals surface area contributed by atoms with Gasteiger partial charge < -0.3 is 10.2 Å². The molecule has 1 atom stereocenters. The van der Waals surface area contributed by atoms with E-state index in [-0.39, 0.29) is 11.8 Å². The van der Waals surface area contributed by atoms with Crippen molar-refractivity contribution in [2.75, 3.05) is 25.1 Å². The summed E-state index contributed by atoms with van der Waals surface area (Å²) in [5.74, 6) is 1.63. The number of hydrogen-bond acceptors (Lipinski definition) is 3. The number of carbonyl (C=O) groups excluding carboxylic acids is 2. The lowest BCUT2D eigenvalue weighted by atomic mass is 9.94. The smallest absolute Gasteiger partial charge is 0.248 e. The maximum atomic E-state index is 12.7. The van der Waals surface area contributed by atoms with Crippen molar-refractivity contribution in [3.8, 4) is 0 Å². The molecule has 1 saturated carbocycles. The fraction of sp³-hybridized carbons (Fsp3) is 0.857. The van der Waals surface area contributed by atoms with Gasteiger partial charge in [0.2, 0.25) is 11.8 Å². The second kappa shape index (κ2) is 6.16. The van der Waals surface area contributed by atoms with Crippen LogP contribution in [0, 0.1) is 5.92 Å². The maximum absolute atomic E-state index is 12.7. The van der Waals surface area contributed by atoms with E-state index in [9.17, 15) is 9.59 Å². The molecular formula is C14H24N2O2S. The minimum atomic E-state index is -0.646. The highest BCUT2D eigenvalue weighted by molar-refractivity contribution is 7.98. The minimum absolute atomic E-state index is 0.0226. The zero-order valence-electron chi connectivity index (χ0n) is 11.9. The van der Waals surface area contributed by atoms with E-state index in [1.807, 2.05) is 23.6 Å². The van der Waals surface area contributed by atoms with E-state index in [4.69, 9.17) is 0 Å². The van der Waals surface area contributed by atoms with Crippen LogP contribution in [0.15, 0.2) is 0 Å². The van der Waals surface area contributed by atoms with Gasteiger partial charge in [-0.2, -0.15) is 11.8 Å². The Morgan fingerprint density at radius 2 is 2.11 bits per heavy atom. The number of nitrogens with zero attached hydrogens (tertiary/aromatic N) is 1. The Kier molecular flexibility index (Phi) is 4.76. The van der Waals surface area contributed by atoms with Crippen LogP contribution in [0.5, 0.6) is 0 Å². The van der Waals surface area contributed by atoms with Gasteiger partial charge in [0.15, 0.2) is 0 Å². The lowest BCUT2D eigenvalue weighted by Gasteiger charge is -2.32. The van der Waals surface area contributed by atoms with Crippen molar-refractivity contribution in [3.05, 3.63) is 0 Å². The standard InChI is InChI=1S/C14H24N2O2S/c1-14(11-5-6-11)13(18)16(8-3-4-10-19-2)9-7-12(17)15-14/h11H,3-10H2,1-2H3,(H,15,17). The summed E-state index contributed by atoms with van der Waals surface area (Å²) in [5.41, 5.74) is -0.646. The van der Waals surface area contributed by atoms with Crippen molar-refractivity contribution in [2.24, 2.45) is 5.92 Å². The highest BCUT2D eigenvalue weighted by Gasteiger charge is 2.50. The molecule has 2 fully saturated rings. The number of hydrogen-bond donors (Lipinski definition) is 1. The van der Waals surface area contributed by atoms with Crippen LogP contribution in [-0.4, -0.2) is 47.4 Å². The number of nitrogens with one attached hydrogen (secondary N) is 1. The van der Waals surface area contributed by atoms with Gasteiger partial charge in [0.25, 0.3) is 0 Å². The van der Waals surface area contributed by atoms with Crippen molar-refractivity contribution < 1.29 is 9.59 Å². The van der Waals surface area contributed by atoms with E-state index in [1.165, 1.54) is 0 Å². The van der Waals surface area contributed by atoms with E-state index in [0.717, 1.165) is 38.0 Å². The molecule has 0 radical (unpaired) electrons. The lowest BCUT2D eigenvalue weighted by Crippen LogP contribution is -2.56. The Hall–Kier alpha value is -0.710. The average Bonchev–Trinajstić information content (AvgIpc) is 3.20. The van der Waals surface area contributed by atoms with Crippen LogP contribution in [0.3, 0.4) is 0 Å². The fourth-order valence-corrected chi connectivity index (χ4v) is 3.26. The molecule has 2 rings (SSSR count). The van der Waals surface area contributed by atoms with Crippen LogP contribution < -0.4 is 5.32 Å². The van der Waals surface area contributed by atoms with Crippen molar-refractivity contribution in [1.29, 1.82) is 0 Å². The summed E-state index contributed by atoms with van der Waals surface area (Å²) < 4.78 is 0. The molecule has 2 aliphatic rings. The third-order valence-corrected chi connectivity index (χ3v) is 4.86. The third-order valence-electron chi connectivity index (χ3n) is 4.16. The topological polar surface area (TPSA) is 49.4 Å². The highest BCUT2D eigenvalue weighted by Crippen LogP contribution is 2.41. The third kappa shape index (κ3) is 3.44. The number of rotatable bonds is 6. The summed E-state index contributed by atoms with van der Waals surface area (Å²) in [6.07, 6.45) is 6.82. The SMILES string of the molecule is CSCCCCN1CCC(=O)NC(C)(C2CC2)C1=O. The maximum Gasteiger partial charge on any atom is 0.248 e. The number of thioether (sulfide) groups is 1. The number of carbonyl (C=O) groups is 2. The first-order chi connectivity index (χ1) is 9.08. The molecule has 1 N–H and O–H groups in total. The van der Waals surface area contributed by atoms with Gasteiger partial charge in [-0.25, -0.2) is 0 Å². The molecule has 0 bridgehead atoms. The molecule has 1 aliphatic heterocycles. The van der Waals surface area contributed by atoms with Gasteiger partial charge >= 0.3 is 0 Å². The van der Waals surface area contributed by atoms with Crippen LogP contribution in [0.2, 0.25) is 0 Å². The van der Waals surface area contributed by atoms with Crippen LogP contribution in [-0.2, 0) is 9.59 Å². The first kappa shape index (κ1) is 14.7. The molecule has 2 amide bonds. The monoisotopic (exact) mass is 284 g/mol. The molecule has 1 unspecified atom stereocenters. The van der Waals surface area contributed by atoms with Gasteiger partial charge in [0, 0.05) is 19.5 Å². The van der Waals surface area contributed by atoms with Crippen molar-refractivity contribution in [1.82, 2.24) is 10.2 Å². The molecular weight excluding hydrogens is 260 g/mol. The normalized spacial score (nSPS) is 28.2. The zero-order valence-corrected chi connectivity index (χ0v) is 12.7. The molecule has 4 nitrogen and oxygen atoms in total. The summed E-state index contributed by atoms with van der Waals surface area (Å²) in [6, 6.07) is 0. The largest absolute Gasteiger partial charge is 0.342 e. The molecule has 5 heteroatoms. The molecule has 1 saturated heterocycles. The number of unbranched alkanes of at least 4 members (excludes halogenated alkanes) is 1. The summed E-state index contributed by atoms with van der Waals surface area (Å²) in [5, 5.41) is 2.96. The van der Waals surface area contributed by atoms with E-state index < -0.39 is 5.54 Å². The summed E-state index contributed by atoms with van der Waals surface area (Å²) >= 11 is 1.84. The Morgan fingerprint density at radius 3 is 2.74 bits per heavy atom. The second-order valence-electron chi connectivity index (χ2n) is 5.77. The van der Waals surface area contributed by atoms with E-state index in [2.05, 4.69) is 11.6 Å². The predicted molar refractivity (Wildman–Crippen MR) is 78.1 cm³/mol. The zero-order chi connectivity index (χ0) is 13.9. The van der Waals surface area contributed by atoms with Crippen LogP contribution in [0.25, 0.3) is 0 Å². The fourth-order valence-electron chi connectivity index (χ4n) is 2.77. The van der Waals surface area contributed by atoms with Gasteiger partial charge in [-0.3, -0.25) is 9.59 Å². The summed E-state index contributed by atoms with van der Waals surface area (Å²) in [6.45, 7) is 3.27. The van der Waals surface area contributed by atoms with Crippen molar-refractivity contribution in [2.45, 2.75) is 44.6 Å². The molecule has 1 heterocycles. The molecule has 19 heavy (non-hydrogen) atoms. The molecule has 0 aromatic rings. The molecule has 0 spiro atoms. The molecule has 108 valence electrons. The second-order valence-corrected chi connectivity index (χ2v) is 6.75. The van der Waals surface area contributed by atoms with Gasteiger partial charge in [0.05, 0.1) is 0 Å². The van der Waals surface area contributed by atoms with Gasteiger partial charge in [0.1, 0.15) is 5.54 Å². The van der Waals surface area contributed by atoms with Crippen molar-refractivity contribution >= 4 is 23.6 Å². The van der Waals surface area contributed by atoms with Crippen LogP contribution in [0.1, 0.15) is 39.0 Å². The predicted octanol–water partition coefficient (Wildman–Crippen LogP) is 1.65. The van der Waals surface area contributed by atoms with Gasteiger partial charge in [-0.15, -0.1) is 0 Å². The lowest BCUT2D eigenvalue weighted by molar-refractivity contribution is -0.139. The van der Waals surface area contributed by atoms with E-state index >= 15 is 0 Å². The molecule has 1 aliphatic carbocycles. The number of amides is 2. The van der Waals surface area contributed by atoms with Crippen LogP contribution >= 0.6 is 11.8 Å². The van der Waals surface area contributed by atoms with Gasteiger partial charge in [-0.1, -0.05) is 0 Å². The van der Waals surface area contributed by atoms with E-state index in [1.54, 1.807) is 0 Å². The Labute approximate surface area is 119 Å². The molecule has 0 aromatic carbocycles. The average molecular weight is 284 g/mol. The Balaban J connectivity index is 1.98. The van der Waals surface area contributed by atoms with E-state index in [0.29, 0.717) is 18.9 Å². The van der Waals surface area contributed by atoms with Gasteiger partial charge in [-0.05, 0) is 50.5 Å². The van der Waals surface area contributed by atoms with Crippen LogP contribution in [0.4, 0.5) is 0 Å². The summed E-state index contributed by atoms with van der Waals surface area (Å²) in [4.78, 5) is 26.4. The van der Waals surface area contributed by atoms with Crippen molar-refractivity contribution in [3.63, 3.8) is 0 Å².